The van der Waals surface area contributed by atoms with Crippen LogP contribution in [0.3, 0.4) is 0 Å². The largest absolute Gasteiger partial charge is 0.507 e. The van der Waals surface area contributed by atoms with Crippen LogP contribution in [-0.4, -0.2) is 48.5 Å². The van der Waals surface area contributed by atoms with Crippen molar-refractivity contribution in [3.05, 3.63) is 93.4 Å². The molecule has 1 saturated heterocycles. The SMILES string of the molecule is COCCn1c(C)cc(O)c([C@H](c2ccccc2OC)N2CCC(Cc3ccccc3)CC2)c1=O. The number of likely N-dealkylation sites (tertiary alicyclic amines) is 1. The molecule has 1 aliphatic rings. The van der Waals surface area contributed by atoms with Crippen molar-refractivity contribution in [1.82, 2.24) is 9.47 Å². The summed E-state index contributed by atoms with van der Waals surface area (Å²) in [5, 5.41) is 11.1. The van der Waals surface area contributed by atoms with E-state index in [0.29, 0.717) is 36.1 Å². The van der Waals surface area contributed by atoms with Gasteiger partial charge in [0.15, 0.2) is 0 Å². The fourth-order valence-corrected chi connectivity index (χ4v) is 5.28. The molecule has 4 rings (SSSR count). The maximum absolute atomic E-state index is 13.8. The van der Waals surface area contributed by atoms with Gasteiger partial charge in [0.1, 0.15) is 11.5 Å². The summed E-state index contributed by atoms with van der Waals surface area (Å²) in [7, 11) is 3.27. The van der Waals surface area contributed by atoms with E-state index in [0.717, 1.165) is 37.9 Å². The summed E-state index contributed by atoms with van der Waals surface area (Å²) in [5.74, 6) is 1.34. The quantitative estimate of drug-likeness (QED) is 0.491. The van der Waals surface area contributed by atoms with E-state index in [2.05, 4.69) is 35.2 Å². The van der Waals surface area contributed by atoms with Crippen LogP contribution in [0.4, 0.5) is 0 Å². The number of aryl methyl sites for hydroxylation is 1. The lowest BCUT2D eigenvalue weighted by molar-refractivity contribution is 0.146. The number of piperidine rings is 1. The van der Waals surface area contributed by atoms with Crippen molar-refractivity contribution < 1.29 is 14.6 Å². The summed E-state index contributed by atoms with van der Waals surface area (Å²) in [4.78, 5) is 16.1. The van der Waals surface area contributed by atoms with Crippen LogP contribution < -0.4 is 10.3 Å². The summed E-state index contributed by atoms with van der Waals surface area (Å²) < 4.78 is 12.6. The second-order valence-corrected chi connectivity index (χ2v) is 9.35. The van der Waals surface area contributed by atoms with Crippen molar-refractivity contribution in [3.8, 4) is 11.5 Å². The van der Waals surface area contributed by atoms with Gasteiger partial charge in [-0.3, -0.25) is 9.69 Å². The van der Waals surface area contributed by atoms with E-state index in [1.54, 1.807) is 24.9 Å². The lowest BCUT2D eigenvalue weighted by Crippen LogP contribution is -2.41. The predicted molar refractivity (Wildman–Crippen MR) is 138 cm³/mol. The Morgan fingerprint density at radius 3 is 2.40 bits per heavy atom. The number of ether oxygens (including phenoxy) is 2. The van der Waals surface area contributed by atoms with Gasteiger partial charge >= 0.3 is 0 Å². The minimum absolute atomic E-state index is 0.0310. The molecule has 6 nitrogen and oxygen atoms in total. The van der Waals surface area contributed by atoms with Gasteiger partial charge in [0.25, 0.3) is 5.56 Å². The van der Waals surface area contributed by atoms with Gasteiger partial charge in [-0.15, -0.1) is 0 Å². The number of rotatable bonds is 9. The van der Waals surface area contributed by atoms with Crippen molar-refractivity contribution in [2.75, 3.05) is 33.9 Å². The van der Waals surface area contributed by atoms with Gasteiger partial charge in [-0.2, -0.15) is 0 Å². The van der Waals surface area contributed by atoms with E-state index in [1.165, 1.54) is 5.56 Å². The third-order valence-corrected chi connectivity index (χ3v) is 7.13. The summed E-state index contributed by atoms with van der Waals surface area (Å²) >= 11 is 0. The van der Waals surface area contributed by atoms with Gasteiger partial charge in [-0.05, 0) is 62.9 Å². The average Bonchev–Trinajstić information content (AvgIpc) is 2.87. The summed E-state index contributed by atoms with van der Waals surface area (Å²) in [5.41, 5.74) is 3.20. The number of para-hydroxylation sites is 1. The minimum atomic E-state index is -0.397. The predicted octanol–water partition coefficient (Wildman–Crippen LogP) is 4.56. The number of benzene rings is 2. The zero-order valence-electron chi connectivity index (χ0n) is 20.9. The van der Waals surface area contributed by atoms with Crippen molar-refractivity contribution in [2.45, 2.75) is 38.8 Å². The first-order valence-corrected chi connectivity index (χ1v) is 12.4. The molecule has 1 aliphatic heterocycles. The van der Waals surface area contributed by atoms with Gasteiger partial charge in [-0.1, -0.05) is 48.5 Å². The Kier molecular flexibility index (Phi) is 8.26. The fraction of sp³-hybridized carbons (Fsp3) is 0.414. The van der Waals surface area contributed by atoms with E-state index in [9.17, 15) is 9.90 Å². The number of methoxy groups -OCH3 is 2. The zero-order valence-corrected chi connectivity index (χ0v) is 20.9. The molecule has 0 aliphatic carbocycles. The maximum atomic E-state index is 13.8. The van der Waals surface area contributed by atoms with Crippen LogP contribution >= 0.6 is 0 Å². The highest BCUT2D eigenvalue weighted by atomic mass is 16.5. The molecule has 2 aromatic carbocycles. The molecule has 0 saturated carbocycles. The summed E-state index contributed by atoms with van der Waals surface area (Å²) in [6.07, 6.45) is 3.13. The number of pyridine rings is 1. The van der Waals surface area contributed by atoms with Gasteiger partial charge in [0.2, 0.25) is 0 Å². The minimum Gasteiger partial charge on any atom is -0.507 e. The number of hydrogen-bond donors (Lipinski definition) is 1. The smallest absolute Gasteiger partial charge is 0.259 e. The van der Waals surface area contributed by atoms with E-state index in [1.807, 2.05) is 31.2 Å². The molecule has 186 valence electrons. The van der Waals surface area contributed by atoms with Crippen LogP contribution in [0.15, 0.2) is 65.5 Å². The van der Waals surface area contributed by atoms with Gasteiger partial charge < -0.3 is 19.1 Å². The highest BCUT2D eigenvalue weighted by molar-refractivity contribution is 5.46. The molecule has 0 amide bonds. The fourth-order valence-electron chi connectivity index (χ4n) is 5.28. The zero-order chi connectivity index (χ0) is 24.8. The summed E-state index contributed by atoms with van der Waals surface area (Å²) in [6.45, 7) is 4.38. The van der Waals surface area contributed by atoms with Gasteiger partial charge in [0.05, 0.1) is 25.3 Å². The molecule has 2 heterocycles. The van der Waals surface area contributed by atoms with E-state index in [4.69, 9.17) is 9.47 Å². The van der Waals surface area contributed by atoms with Crippen LogP contribution in [0.2, 0.25) is 0 Å². The number of aromatic nitrogens is 1. The molecule has 0 unspecified atom stereocenters. The summed E-state index contributed by atoms with van der Waals surface area (Å²) in [6, 6.07) is 19.7. The maximum Gasteiger partial charge on any atom is 0.259 e. The van der Waals surface area contributed by atoms with Crippen LogP contribution in [0, 0.1) is 12.8 Å². The molecular formula is C29H36N2O4. The molecule has 1 atom stereocenters. The van der Waals surface area contributed by atoms with Crippen LogP contribution in [-0.2, 0) is 17.7 Å². The second-order valence-electron chi connectivity index (χ2n) is 9.35. The molecule has 0 radical (unpaired) electrons. The number of hydrogen-bond acceptors (Lipinski definition) is 5. The standard InChI is InChI=1S/C29H36N2O4/c1-21-19-25(32)27(29(33)31(21)17-18-34-2)28(24-11-7-8-12-26(24)35-3)30-15-13-23(14-16-30)20-22-9-5-4-6-10-22/h4-12,19,23,28,32H,13-18,20H2,1-3H3/t28-/m0/s1. The van der Waals surface area contributed by atoms with Crippen LogP contribution in [0.25, 0.3) is 0 Å². The molecule has 1 fully saturated rings. The molecule has 6 heteroatoms. The topological polar surface area (TPSA) is 63.9 Å². The highest BCUT2D eigenvalue weighted by Gasteiger charge is 2.33. The van der Waals surface area contributed by atoms with Crippen molar-refractivity contribution in [1.29, 1.82) is 0 Å². The first kappa shape index (κ1) is 25.0. The molecular weight excluding hydrogens is 440 g/mol. The average molecular weight is 477 g/mol. The first-order chi connectivity index (χ1) is 17.0. The van der Waals surface area contributed by atoms with Crippen LogP contribution in [0.5, 0.6) is 11.5 Å². The van der Waals surface area contributed by atoms with E-state index >= 15 is 0 Å². The van der Waals surface area contributed by atoms with E-state index in [-0.39, 0.29) is 11.3 Å². The highest BCUT2D eigenvalue weighted by Crippen LogP contribution is 2.39. The lowest BCUT2D eigenvalue weighted by Gasteiger charge is -2.38. The Morgan fingerprint density at radius 2 is 1.71 bits per heavy atom. The van der Waals surface area contributed by atoms with Crippen LogP contribution in [0.1, 0.15) is 41.3 Å². The number of aromatic hydroxyl groups is 1. The monoisotopic (exact) mass is 476 g/mol. The lowest BCUT2D eigenvalue weighted by atomic mass is 9.87. The first-order valence-electron chi connectivity index (χ1n) is 12.4. The molecule has 3 aromatic rings. The van der Waals surface area contributed by atoms with Crippen molar-refractivity contribution >= 4 is 0 Å². The van der Waals surface area contributed by atoms with Crippen molar-refractivity contribution in [2.24, 2.45) is 5.92 Å². The Hall–Kier alpha value is -3.09. The molecule has 35 heavy (non-hydrogen) atoms. The third kappa shape index (κ3) is 5.60. The van der Waals surface area contributed by atoms with Crippen molar-refractivity contribution in [3.63, 3.8) is 0 Å². The Balaban J connectivity index is 1.70. The molecule has 0 spiro atoms. The van der Waals surface area contributed by atoms with Gasteiger partial charge in [0, 0.05) is 24.9 Å². The van der Waals surface area contributed by atoms with Gasteiger partial charge in [-0.25, -0.2) is 0 Å². The Bertz CT molecular complexity index is 1170. The molecule has 1 N–H and O–H groups in total. The Morgan fingerprint density at radius 1 is 1.03 bits per heavy atom. The molecule has 0 bridgehead atoms. The molecule has 1 aromatic heterocycles. The number of nitrogens with zero attached hydrogens (tertiary/aromatic N) is 2. The second kappa shape index (κ2) is 11.6. The normalized spacial score (nSPS) is 15.7. The van der Waals surface area contributed by atoms with E-state index < -0.39 is 6.04 Å². The third-order valence-electron chi connectivity index (χ3n) is 7.13. The Labute approximate surface area is 207 Å².